The second-order valence-corrected chi connectivity index (χ2v) is 8.10. The van der Waals surface area contributed by atoms with Crippen LogP contribution in [0, 0.1) is 5.41 Å². The first-order valence-corrected chi connectivity index (χ1v) is 10.9. The first-order chi connectivity index (χ1) is 16.9. The van der Waals surface area contributed by atoms with Gasteiger partial charge >= 0.3 is 0 Å². The number of nitrogens with zero attached hydrogens (tertiary/aromatic N) is 5. The molecule has 178 valence electrons. The molecule has 1 saturated carbocycles. The smallest absolute Gasteiger partial charge is 0.276 e. The van der Waals surface area contributed by atoms with Crippen LogP contribution >= 0.6 is 0 Å². The molecule has 1 fully saturated rings. The maximum absolute atomic E-state index is 13.4. The molecule has 0 unspecified atom stereocenters. The molecule has 1 aliphatic carbocycles. The highest BCUT2D eigenvalue weighted by molar-refractivity contribution is 6.44. The van der Waals surface area contributed by atoms with Crippen LogP contribution in [-0.4, -0.2) is 56.5 Å². The summed E-state index contributed by atoms with van der Waals surface area (Å²) in [6.07, 6.45) is 9.58. The van der Waals surface area contributed by atoms with Crippen LogP contribution in [0.4, 0.5) is 17.2 Å². The Labute approximate surface area is 202 Å². The predicted octanol–water partition coefficient (Wildman–Crippen LogP) is 2.68. The third-order valence-corrected chi connectivity index (χ3v) is 5.13. The fraction of sp³-hybridized carbons (Fsp3) is 0.208. The van der Waals surface area contributed by atoms with Crippen LogP contribution in [0.2, 0.25) is 0 Å². The number of pyridine rings is 2. The molecule has 1 aliphatic rings. The zero-order valence-corrected chi connectivity index (χ0v) is 19.3. The summed E-state index contributed by atoms with van der Waals surface area (Å²) in [4.78, 5) is 43.9. The Bertz CT molecular complexity index is 1260. The standard InChI is InChI=1S/C24H25N9O2/c1-33(2)24(35)21(25)19(13-29-20-5-3-4-10-28-20)32-23(34)22-18(30-16-11-26-14-27-12-16)9-8-17(31-22)15-6-7-15/h3-5,8-15,25,30H,6-7H2,1-2H3,(H,28,29)(H,32,34)/b19-13+,25-21?. The summed E-state index contributed by atoms with van der Waals surface area (Å²) >= 11 is 0. The number of aromatic nitrogens is 4. The molecule has 11 nitrogen and oxygen atoms in total. The van der Waals surface area contributed by atoms with Crippen LogP contribution < -0.4 is 16.0 Å². The van der Waals surface area contributed by atoms with Crippen LogP contribution in [0.1, 0.15) is 34.9 Å². The Morgan fingerprint density at radius 2 is 1.89 bits per heavy atom. The van der Waals surface area contributed by atoms with Crippen molar-refractivity contribution in [3.8, 4) is 0 Å². The van der Waals surface area contributed by atoms with Gasteiger partial charge in [0.25, 0.3) is 11.8 Å². The topological polar surface area (TPSA) is 149 Å². The second kappa shape index (κ2) is 10.5. The van der Waals surface area contributed by atoms with Crippen molar-refractivity contribution in [1.82, 2.24) is 30.2 Å². The van der Waals surface area contributed by atoms with Gasteiger partial charge in [0.2, 0.25) is 0 Å². The summed E-state index contributed by atoms with van der Waals surface area (Å²) < 4.78 is 0. The fourth-order valence-electron chi connectivity index (χ4n) is 3.16. The van der Waals surface area contributed by atoms with Gasteiger partial charge in [0.1, 0.15) is 17.9 Å². The number of anilines is 3. The van der Waals surface area contributed by atoms with E-state index in [1.807, 2.05) is 6.07 Å². The van der Waals surface area contributed by atoms with Crippen LogP contribution in [0.15, 0.2) is 67.1 Å². The molecule has 3 heterocycles. The molecule has 0 aliphatic heterocycles. The Balaban J connectivity index is 1.64. The average molecular weight is 472 g/mol. The molecule has 11 heteroatoms. The Hall–Kier alpha value is -4.67. The van der Waals surface area contributed by atoms with Crippen molar-refractivity contribution in [3.05, 3.63) is 78.5 Å². The third-order valence-electron chi connectivity index (χ3n) is 5.13. The minimum absolute atomic E-state index is 0.0213. The van der Waals surface area contributed by atoms with Crippen LogP contribution in [-0.2, 0) is 4.79 Å². The van der Waals surface area contributed by atoms with Crippen LogP contribution in [0.3, 0.4) is 0 Å². The predicted molar refractivity (Wildman–Crippen MR) is 131 cm³/mol. The summed E-state index contributed by atoms with van der Waals surface area (Å²) in [5.41, 5.74) is 1.58. The molecule has 4 N–H and O–H groups in total. The number of amides is 2. The van der Waals surface area contributed by atoms with E-state index in [0.717, 1.165) is 18.5 Å². The molecule has 2 amide bonds. The zero-order chi connectivity index (χ0) is 24.8. The molecule has 0 bridgehead atoms. The number of hydrogen-bond donors (Lipinski definition) is 4. The SMILES string of the molecule is CN(C)C(=O)C(=N)/C(=C\Nc1ccccn1)NC(=O)c1nc(C2CC2)ccc1Nc1cncnc1. The van der Waals surface area contributed by atoms with Crippen molar-refractivity contribution in [2.45, 2.75) is 18.8 Å². The highest BCUT2D eigenvalue weighted by Gasteiger charge is 2.28. The van der Waals surface area contributed by atoms with Crippen molar-refractivity contribution >= 4 is 34.7 Å². The molecule has 0 aromatic carbocycles. The molecule has 3 aromatic heterocycles. The van der Waals surface area contributed by atoms with E-state index in [1.165, 1.54) is 31.5 Å². The van der Waals surface area contributed by atoms with Gasteiger partial charge in [-0.25, -0.2) is 19.9 Å². The molecular weight excluding hydrogens is 446 g/mol. The lowest BCUT2D eigenvalue weighted by Gasteiger charge is -2.17. The molecule has 4 rings (SSSR count). The van der Waals surface area contributed by atoms with Gasteiger partial charge in [0, 0.05) is 38.1 Å². The van der Waals surface area contributed by atoms with Gasteiger partial charge in [0.15, 0.2) is 5.69 Å². The summed E-state index contributed by atoms with van der Waals surface area (Å²) in [7, 11) is 3.07. The number of hydrogen-bond acceptors (Lipinski definition) is 9. The highest BCUT2D eigenvalue weighted by atomic mass is 16.2. The fourth-order valence-corrected chi connectivity index (χ4v) is 3.16. The average Bonchev–Trinajstić information content (AvgIpc) is 3.72. The number of rotatable bonds is 9. The molecular formula is C24H25N9O2. The number of carbonyl (C=O) groups is 2. The minimum atomic E-state index is -0.572. The largest absolute Gasteiger partial charge is 0.351 e. The molecule has 0 spiro atoms. The van der Waals surface area contributed by atoms with E-state index >= 15 is 0 Å². The molecule has 0 radical (unpaired) electrons. The van der Waals surface area contributed by atoms with Crippen LogP contribution in [0.25, 0.3) is 0 Å². The maximum atomic E-state index is 13.4. The van der Waals surface area contributed by atoms with Gasteiger partial charge in [0.05, 0.1) is 29.5 Å². The van der Waals surface area contributed by atoms with E-state index in [0.29, 0.717) is 23.1 Å². The summed E-state index contributed by atoms with van der Waals surface area (Å²) in [5, 5.41) is 17.1. The monoisotopic (exact) mass is 471 g/mol. The van der Waals surface area contributed by atoms with Gasteiger partial charge in [-0.3, -0.25) is 15.0 Å². The summed E-state index contributed by atoms with van der Waals surface area (Å²) in [6.45, 7) is 0. The van der Waals surface area contributed by atoms with Crippen molar-refractivity contribution in [2.75, 3.05) is 24.7 Å². The Kier molecular flexibility index (Phi) is 7.05. The molecule has 35 heavy (non-hydrogen) atoms. The first-order valence-electron chi connectivity index (χ1n) is 10.9. The van der Waals surface area contributed by atoms with Gasteiger partial charge in [-0.05, 0) is 37.1 Å². The van der Waals surface area contributed by atoms with Gasteiger partial charge in [-0.1, -0.05) is 6.07 Å². The summed E-state index contributed by atoms with van der Waals surface area (Å²) in [5.74, 6) is -0.328. The molecule has 0 atom stereocenters. The molecule has 3 aromatic rings. The summed E-state index contributed by atoms with van der Waals surface area (Å²) in [6, 6.07) is 8.94. The van der Waals surface area contributed by atoms with Crippen molar-refractivity contribution < 1.29 is 9.59 Å². The van der Waals surface area contributed by atoms with E-state index < -0.39 is 17.5 Å². The van der Waals surface area contributed by atoms with Gasteiger partial charge in [-0.2, -0.15) is 0 Å². The van der Waals surface area contributed by atoms with Crippen molar-refractivity contribution in [3.63, 3.8) is 0 Å². The third kappa shape index (κ3) is 6.02. The van der Waals surface area contributed by atoms with Crippen molar-refractivity contribution in [1.29, 1.82) is 5.41 Å². The number of carbonyl (C=O) groups excluding carboxylic acids is 2. The lowest BCUT2D eigenvalue weighted by atomic mass is 10.2. The van der Waals surface area contributed by atoms with E-state index in [1.54, 1.807) is 42.9 Å². The second-order valence-electron chi connectivity index (χ2n) is 8.10. The molecule has 0 saturated heterocycles. The quantitative estimate of drug-likeness (QED) is 0.348. The van der Waals surface area contributed by atoms with Crippen LogP contribution in [0.5, 0.6) is 0 Å². The number of nitrogens with one attached hydrogen (secondary N) is 4. The van der Waals surface area contributed by atoms with Gasteiger partial charge in [-0.15, -0.1) is 0 Å². The normalized spacial score (nSPS) is 13.0. The lowest BCUT2D eigenvalue weighted by Crippen LogP contribution is -2.37. The lowest BCUT2D eigenvalue weighted by molar-refractivity contribution is -0.121. The highest BCUT2D eigenvalue weighted by Crippen LogP contribution is 2.39. The maximum Gasteiger partial charge on any atom is 0.276 e. The van der Waals surface area contributed by atoms with E-state index in [9.17, 15) is 9.59 Å². The Morgan fingerprint density at radius 3 is 2.54 bits per heavy atom. The van der Waals surface area contributed by atoms with E-state index in [-0.39, 0.29) is 11.4 Å². The first kappa shape index (κ1) is 23.5. The minimum Gasteiger partial charge on any atom is -0.351 e. The van der Waals surface area contributed by atoms with Gasteiger partial charge < -0.3 is 20.9 Å². The van der Waals surface area contributed by atoms with E-state index in [2.05, 4.69) is 35.9 Å². The van der Waals surface area contributed by atoms with E-state index in [4.69, 9.17) is 5.41 Å². The zero-order valence-electron chi connectivity index (χ0n) is 19.3. The Morgan fingerprint density at radius 1 is 1.11 bits per heavy atom. The van der Waals surface area contributed by atoms with Crippen molar-refractivity contribution in [2.24, 2.45) is 0 Å².